The Labute approximate surface area is 183 Å². The van der Waals surface area contributed by atoms with Crippen LogP contribution in [0.2, 0.25) is 0 Å². The number of anilines is 1. The number of carbonyl (C=O) groups excluding carboxylic acids is 2. The second kappa shape index (κ2) is 7.63. The summed E-state index contributed by atoms with van der Waals surface area (Å²) in [6.07, 6.45) is -0.462. The number of fused-ring (bicyclic) bond motifs is 2. The van der Waals surface area contributed by atoms with Crippen molar-refractivity contribution >= 4 is 28.3 Å². The molecule has 2 aliphatic rings. The molecule has 7 nitrogen and oxygen atoms in total. The van der Waals surface area contributed by atoms with Crippen molar-refractivity contribution in [2.45, 2.75) is 31.8 Å². The lowest BCUT2D eigenvalue weighted by Gasteiger charge is -2.15. The summed E-state index contributed by atoms with van der Waals surface area (Å²) in [7, 11) is 1.79. The van der Waals surface area contributed by atoms with Crippen LogP contribution in [0, 0.1) is 11.7 Å². The molecular weight excluding hydrogens is 415 g/mol. The molecule has 1 fully saturated rings. The van der Waals surface area contributed by atoms with Crippen LogP contribution >= 0.6 is 0 Å². The van der Waals surface area contributed by atoms with Crippen LogP contribution in [-0.4, -0.2) is 28.2 Å². The highest BCUT2D eigenvalue weighted by Gasteiger charge is 2.40. The van der Waals surface area contributed by atoms with Gasteiger partial charge in [0.2, 0.25) is 12.7 Å². The van der Waals surface area contributed by atoms with Crippen molar-refractivity contribution in [3.8, 4) is 11.5 Å². The lowest BCUT2D eigenvalue weighted by molar-refractivity contribution is -0.123. The van der Waals surface area contributed by atoms with E-state index in [9.17, 15) is 19.1 Å². The lowest BCUT2D eigenvalue weighted by atomic mass is 9.91. The lowest BCUT2D eigenvalue weighted by Crippen LogP contribution is -2.20. The highest BCUT2D eigenvalue weighted by molar-refractivity contribution is 6.02. The van der Waals surface area contributed by atoms with E-state index >= 15 is 0 Å². The molecule has 32 heavy (non-hydrogen) atoms. The SMILES string of the molecule is CC(O)c1c(C2CC(C(=O)Nc3ccc4c(c3)OCO4)CC2=O)c2cc(F)ccc2n1C. The Morgan fingerprint density at radius 2 is 2.00 bits per heavy atom. The van der Waals surface area contributed by atoms with Crippen LogP contribution in [-0.2, 0) is 16.6 Å². The van der Waals surface area contributed by atoms with E-state index in [0.717, 1.165) is 5.52 Å². The van der Waals surface area contributed by atoms with Crippen molar-refractivity contribution in [3.63, 3.8) is 0 Å². The van der Waals surface area contributed by atoms with Crippen molar-refractivity contribution in [2.24, 2.45) is 13.0 Å². The van der Waals surface area contributed by atoms with Crippen LogP contribution in [0.5, 0.6) is 11.5 Å². The number of aliphatic hydroxyl groups excluding tert-OH is 1. The number of ketones is 1. The summed E-state index contributed by atoms with van der Waals surface area (Å²) in [4.78, 5) is 25.9. The Hall–Kier alpha value is -3.39. The average Bonchev–Trinajstić information content (AvgIpc) is 3.43. The fourth-order valence-corrected chi connectivity index (χ4v) is 4.92. The summed E-state index contributed by atoms with van der Waals surface area (Å²) in [5.41, 5.74) is 2.48. The molecule has 1 aliphatic heterocycles. The van der Waals surface area contributed by atoms with E-state index in [1.54, 1.807) is 42.8 Å². The number of aromatic nitrogens is 1. The maximum atomic E-state index is 14.0. The molecule has 3 unspecified atom stereocenters. The first-order valence-corrected chi connectivity index (χ1v) is 10.5. The van der Waals surface area contributed by atoms with Gasteiger partial charge in [-0.2, -0.15) is 0 Å². The Morgan fingerprint density at radius 3 is 2.78 bits per heavy atom. The van der Waals surface area contributed by atoms with Crippen molar-refractivity contribution in [1.82, 2.24) is 4.57 Å². The Balaban J connectivity index is 1.44. The number of nitrogens with one attached hydrogen (secondary N) is 1. The molecular formula is C24H23FN2O5. The molecule has 0 saturated heterocycles. The number of benzene rings is 2. The van der Waals surface area contributed by atoms with Crippen LogP contribution in [0.1, 0.15) is 43.0 Å². The van der Waals surface area contributed by atoms with Gasteiger partial charge in [-0.1, -0.05) is 0 Å². The third-order valence-corrected chi connectivity index (χ3v) is 6.36. The smallest absolute Gasteiger partial charge is 0.231 e. The zero-order valence-electron chi connectivity index (χ0n) is 17.7. The fraction of sp³-hybridized carbons (Fsp3) is 0.333. The Kier molecular flexibility index (Phi) is 4.89. The number of carbonyl (C=O) groups is 2. The maximum absolute atomic E-state index is 14.0. The molecule has 1 saturated carbocycles. The minimum Gasteiger partial charge on any atom is -0.454 e. The number of amides is 1. The van der Waals surface area contributed by atoms with E-state index in [2.05, 4.69) is 5.32 Å². The predicted molar refractivity (Wildman–Crippen MR) is 115 cm³/mol. The van der Waals surface area contributed by atoms with Crippen molar-refractivity contribution in [1.29, 1.82) is 0 Å². The third kappa shape index (κ3) is 3.31. The van der Waals surface area contributed by atoms with Gasteiger partial charge in [0.15, 0.2) is 11.5 Å². The van der Waals surface area contributed by atoms with E-state index in [-0.39, 0.29) is 24.9 Å². The topological polar surface area (TPSA) is 89.8 Å². The molecule has 2 N–H and O–H groups in total. The van der Waals surface area contributed by atoms with Crippen molar-refractivity contribution in [3.05, 3.63) is 53.5 Å². The summed E-state index contributed by atoms with van der Waals surface area (Å²) in [5.74, 6) is -0.695. The number of aryl methyl sites for hydroxylation is 1. The minimum atomic E-state index is -0.847. The van der Waals surface area contributed by atoms with Gasteiger partial charge in [0.25, 0.3) is 0 Å². The average molecular weight is 438 g/mol. The maximum Gasteiger partial charge on any atom is 0.231 e. The van der Waals surface area contributed by atoms with E-state index in [1.807, 2.05) is 0 Å². The molecule has 2 heterocycles. The van der Waals surface area contributed by atoms with Gasteiger partial charge in [-0.25, -0.2) is 4.39 Å². The van der Waals surface area contributed by atoms with Gasteiger partial charge in [0, 0.05) is 48.0 Å². The Morgan fingerprint density at radius 1 is 1.22 bits per heavy atom. The Bertz CT molecular complexity index is 1250. The normalized spacial score (nSPS) is 20.7. The quantitative estimate of drug-likeness (QED) is 0.647. The summed E-state index contributed by atoms with van der Waals surface area (Å²) < 4.78 is 26.5. The van der Waals surface area contributed by atoms with E-state index < -0.39 is 23.8 Å². The number of ether oxygens (including phenoxy) is 2. The second-order valence-electron chi connectivity index (χ2n) is 8.41. The van der Waals surface area contributed by atoms with Gasteiger partial charge in [-0.05, 0) is 49.2 Å². The highest BCUT2D eigenvalue weighted by atomic mass is 19.1. The predicted octanol–water partition coefficient (Wildman–Crippen LogP) is 3.80. The number of halogens is 1. The molecule has 2 aromatic carbocycles. The van der Waals surface area contributed by atoms with Crippen molar-refractivity contribution in [2.75, 3.05) is 12.1 Å². The number of nitrogens with zero attached hydrogens (tertiary/aromatic N) is 1. The molecule has 8 heteroatoms. The van der Waals surface area contributed by atoms with Crippen LogP contribution < -0.4 is 14.8 Å². The van der Waals surface area contributed by atoms with Crippen LogP contribution in [0.3, 0.4) is 0 Å². The van der Waals surface area contributed by atoms with Crippen LogP contribution in [0.25, 0.3) is 10.9 Å². The first-order valence-electron chi connectivity index (χ1n) is 10.5. The molecule has 3 atom stereocenters. The van der Waals surface area contributed by atoms with Crippen LogP contribution in [0.15, 0.2) is 36.4 Å². The standard InChI is InChI=1S/C24H23FN2O5/c1-12(28)23-22(16-9-14(25)3-5-18(16)27(23)2)17-7-13(8-19(17)29)24(30)26-15-4-6-20-21(10-15)32-11-31-20/h3-6,9-10,12-13,17,28H,7-8,11H2,1-2H3,(H,26,30). The van der Waals surface area contributed by atoms with Gasteiger partial charge in [0.05, 0.1) is 11.8 Å². The van der Waals surface area contributed by atoms with Gasteiger partial charge in [-0.3, -0.25) is 9.59 Å². The number of hydrogen-bond donors (Lipinski definition) is 2. The summed E-state index contributed by atoms with van der Waals surface area (Å²) in [5, 5.41) is 13.9. The molecule has 0 bridgehead atoms. The first kappa shape index (κ1) is 20.5. The monoisotopic (exact) mass is 438 g/mol. The number of Topliss-reactive ketones (excluding diaryl/α,β-unsaturated/α-hetero) is 1. The number of aliphatic hydroxyl groups is 1. The third-order valence-electron chi connectivity index (χ3n) is 6.36. The molecule has 0 radical (unpaired) electrons. The molecule has 166 valence electrons. The largest absolute Gasteiger partial charge is 0.454 e. The van der Waals surface area contributed by atoms with E-state index in [0.29, 0.717) is 40.3 Å². The molecule has 1 amide bonds. The molecule has 5 rings (SSSR count). The van der Waals surface area contributed by atoms with Crippen molar-refractivity contribution < 1.29 is 28.6 Å². The summed E-state index contributed by atoms with van der Waals surface area (Å²) >= 11 is 0. The van der Waals surface area contributed by atoms with Gasteiger partial charge in [-0.15, -0.1) is 0 Å². The number of hydrogen-bond acceptors (Lipinski definition) is 5. The molecule has 0 spiro atoms. The second-order valence-corrected chi connectivity index (χ2v) is 8.41. The highest BCUT2D eigenvalue weighted by Crippen LogP contribution is 2.44. The van der Waals surface area contributed by atoms with E-state index in [1.165, 1.54) is 12.1 Å². The summed E-state index contributed by atoms with van der Waals surface area (Å²) in [6, 6.07) is 9.52. The minimum absolute atomic E-state index is 0.0884. The molecule has 3 aromatic rings. The molecule has 1 aliphatic carbocycles. The van der Waals surface area contributed by atoms with Crippen LogP contribution in [0.4, 0.5) is 10.1 Å². The zero-order valence-corrected chi connectivity index (χ0v) is 17.7. The number of rotatable bonds is 4. The van der Waals surface area contributed by atoms with Gasteiger partial charge >= 0.3 is 0 Å². The fourth-order valence-electron chi connectivity index (χ4n) is 4.92. The zero-order chi connectivity index (χ0) is 22.6. The van der Waals surface area contributed by atoms with E-state index in [4.69, 9.17) is 9.47 Å². The van der Waals surface area contributed by atoms with Gasteiger partial charge in [0.1, 0.15) is 11.6 Å². The molecule has 1 aromatic heterocycles. The van der Waals surface area contributed by atoms with Gasteiger partial charge < -0.3 is 24.5 Å². The summed E-state index contributed by atoms with van der Waals surface area (Å²) in [6.45, 7) is 1.76. The first-order chi connectivity index (χ1) is 15.3.